The predicted octanol–water partition coefficient (Wildman–Crippen LogP) is 2.07. The number of ether oxygens (including phenoxy) is 1. The molecule has 0 unspecified atom stereocenters. The zero-order chi connectivity index (χ0) is 16.4. The van der Waals surface area contributed by atoms with Gasteiger partial charge < -0.3 is 9.84 Å². The van der Waals surface area contributed by atoms with Gasteiger partial charge in [-0.1, -0.05) is 6.07 Å². The number of benzene rings is 1. The van der Waals surface area contributed by atoms with Crippen molar-refractivity contribution in [2.24, 2.45) is 0 Å². The quantitative estimate of drug-likeness (QED) is 0.934. The molecular weight excluding hydrogens is 304 g/mol. The Morgan fingerprint density at radius 2 is 2.04 bits per heavy atom. The number of aliphatic hydroxyl groups is 1. The van der Waals surface area contributed by atoms with Gasteiger partial charge >= 0.3 is 0 Å². The Balaban J connectivity index is 1.79. The van der Waals surface area contributed by atoms with Crippen LogP contribution in [0.25, 0.3) is 0 Å². The SMILES string of the molecule is COc1ccc(CN2C[C@H](O)C[C@H]2c2ccc(F)c(F)c2)nn1. The van der Waals surface area contributed by atoms with Crippen LogP contribution in [0.4, 0.5) is 8.78 Å². The molecule has 122 valence electrons. The number of aromatic nitrogens is 2. The largest absolute Gasteiger partial charge is 0.480 e. The summed E-state index contributed by atoms with van der Waals surface area (Å²) in [4.78, 5) is 1.98. The Bertz CT molecular complexity index is 682. The lowest BCUT2D eigenvalue weighted by Gasteiger charge is -2.24. The van der Waals surface area contributed by atoms with Gasteiger partial charge in [0.1, 0.15) is 0 Å². The van der Waals surface area contributed by atoms with E-state index in [4.69, 9.17) is 4.74 Å². The lowest BCUT2D eigenvalue weighted by Crippen LogP contribution is -2.25. The molecule has 1 N–H and O–H groups in total. The normalized spacial score (nSPS) is 21.6. The van der Waals surface area contributed by atoms with E-state index in [1.165, 1.54) is 13.2 Å². The highest BCUT2D eigenvalue weighted by atomic mass is 19.2. The summed E-state index contributed by atoms with van der Waals surface area (Å²) in [7, 11) is 1.51. The average molecular weight is 321 g/mol. The molecule has 0 bridgehead atoms. The molecule has 2 aromatic rings. The molecule has 1 aromatic carbocycles. The number of rotatable bonds is 4. The molecule has 2 heterocycles. The van der Waals surface area contributed by atoms with E-state index in [1.54, 1.807) is 18.2 Å². The molecule has 1 aliphatic heterocycles. The Labute approximate surface area is 132 Å². The molecule has 0 aliphatic carbocycles. The van der Waals surface area contributed by atoms with Gasteiger partial charge in [-0.3, -0.25) is 4.90 Å². The van der Waals surface area contributed by atoms with Gasteiger partial charge in [0.25, 0.3) is 0 Å². The summed E-state index contributed by atoms with van der Waals surface area (Å²) in [6.45, 7) is 0.898. The van der Waals surface area contributed by atoms with Crippen LogP contribution in [0, 0.1) is 11.6 Å². The number of hydrogen-bond donors (Lipinski definition) is 1. The van der Waals surface area contributed by atoms with E-state index >= 15 is 0 Å². The molecular formula is C16H17F2N3O2. The molecule has 1 fully saturated rings. The minimum absolute atomic E-state index is 0.191. The van der Waals surface area contributed by atoms with Crippen molar-refractivity contribution >= 4 is 0 Å². The van der Waals surface area contributed by atoms with Crippen molar-refractivity contribution in [3.63, 3.8) is 0 Å². The first-order valence-electron chi connectivity index (χ1n) is 7.30. The summed E-state index contributed by atoms with van der Waals surface area (Å²) in [6.07, 6.45) is -0.0476. The first-order chi connectivity index (χ1) is 11.1. The standard InChI is InChI=1S/C16H17F2N3O2/c1-23-16-5-3-11(19-20-16)8-21-9-12(22)7-15(21)10-2-4-13(17)14(18)6-10/h2-6,12,15,22H,7-9H2,1H3/t12-,15+/m1/s1. The monoisotopic (exact) mass is 321 g/mol. The van der Waals surface area contributed by atoms with Gasteiger partial charge in [-0.05, 0) is 30.2 Å². The van der Waals surface area contributed by atoms with Crippen LogP contribution >= 0.6 is 0 Å². The molecule has 1 saturated heterocycles. The highest BCUT2D eigenvalue weighted by Gasteiger charge is 2.32. The number of aliphatic hydroxyl groups excluding tert-OH is 1. The number of likely N-dealkylation sites (tertiary alicyclic amines) is 1. The van der Waals surface area contributed by atoms with E-state index in [0.717, 1.165) is 6.07 Å². The van der Waals surface area contributed by atoms with E-state index in [2.05, 4.69) is 10.2 Å². The Morgan fingerprint density at radius 3 is 2.70 bits per heavy atom. The summed E-state index contributed by atoms with van der Waals surface area (Å²) in [5.74, 6) is -1.33. The van der Waals surface area contributed by atoms with Crippen LogP contribution < -0.4 is 4.74 Å². The zero-order valence-corrected chi connectivity index (χ0v) is 12.6. The Kier molecular flexibility index (Phi) is 4.49. The van der Waals surface area contributed by atoms with Gasteiger partial charge in [0.2, 0.25) is 5.88 Å². The van der Waals surface area contributed by atoms with E-state index in [0.29, 0.717) is 36.6 Å². The molecule has 0 spiro atoms. The van der Waals surface area contributed by atoms with Gasteiger partial charge in [0.05, 0.1) is 18.9 Å². The summed E-state index contributed by atoms with van der Waals surface area (Å²) < 4.78 is 31.6. The number of nitrogens with zero attached hydrogens (tertiary/aromatic N) is 3. The van der Waals surface area contributed by atoms with Crippen molar-refractivity contribution in [2.45, 2.75) is 25.1 Å². The molecule has 0 amide bonds. The maximum atomic E-state index is 13.5. The first kappa shape index (κ1) is 15.8. The van der Waals surface area contributed by atoms with Crippen molar-refractivity contribution in [3.8, 4) is 5.88 Å². The average Bonchev–Trinajstić information content (AvgIpc) is 2.91. The molecule has 1 aromatic heterocycles. The lowest BCUT2D eigenvalue weighted by molar-refractivity contribution is 0.172. The third kappa shape index (κ3) is 3.46. The summed E-state index contributed by atoms with van der Waals surface area (Å²) in [5.41, 5.74) is 1.36. The maximum Gasteiger partial charge on any atom is 0.233 e. The van der Waals surface area contributed by atoms with Crippen molar-refractivity contribution < 1.29 is 18.6 Å². The second-order valence-corrected chi connectivity index (χ2v) is 5.58. The highest BCUT2D eigenvalue weighted by Crippen LogP contribution is 2.33. The van der Waals surface area contributed by atoms with Crippen LogP contribution in [-0.2, 0) is 6.54 Å². The Hall–Kier alpha value is -2.12. The fourth-order valence-electron chi connectivity index (χ4n) is 2.87. The van der Waals surface area contributed by atoms with Gasteiger partial charge in [0.15, 0.2) is 11.6 Å². The Morgan fingerprint density at radius 1 is 1.22 bits per heavy atom. The molecule has 0 saturated carbocycles. The third-order valence-electron chi connectivity index (χ3n) is 3.98. The van der Waals surface area contributed by atoms with E-state index in [9.17, 15) is 13.9 Å². The molecule has 5 nitrogen and oxygen atoms in total. The maximum absolute atomic E-state index is 13.5. The minimum Gasteiger partial charge on any atom is -0.480 e. The van der Waals surface area contributed by atoms with Crippen molar-refractivity contribution in [1.82, 2.24) is 15.1 Å². The molecule has 3 rings (SSSR count). The smallest absolute Gasteiger partial charge is 0.233 e. The topological polar surface area (TPSA) is 58.5 Å². The molecule has 7 heteroatoms. The molecule has 1 aliphatic rings. The molecule has 0 radical (unpaired) electrons. The van der Waals surface area contributed by atoms with Crippen molar-refractivity contribution in [3.05, 3.63) is 53.2 Å². The van der Waals surface area contributed by atoms with E-state index in [-0.39, 0.29) is 6.04 Å². The van der Waals surface area contributed by atoms with Crippen LogP contribution in [0.5, 0.6) is 5.88 Å². The van der Waals surface area contributed by atoms with Crippen molar-refractivity contribution in [2.75, 3.05) is 13.7 Å². The van der Waals surface area contributed by atoms with Gasteiger partial charge in [-0.2, -0.15) is 5.10 Å². The van der Waals surface area contributed by atoms with Crippen molar-refractivity contribution in [1.29, 1.82) is 0 Å². The van der Waals surface area contributed by atoms with Crippen LogP contribution in [0.1, 0.15) is 23.7 Å². The fourth-order valence-corrected chi connectivity index (χ4v) is 2.87. The van der Waals surface area contributed by atoms with E-state index < -0.39 is 17.7 Å². The fraction of sp³-hybridized carbons (Fsp3) is 0.375. The van der Waals surface area contributed by atoms with Crippen LogP contribution in [0.15, 0.2) is 30.3 Å². The number of methoxy groups -OCH3 is 1. The van der Waals surface area contributed by atoms with Crippen LogP contribution in [-0.4, -0.2) is 40.0 Å². The van der Waals surface area contributed by atoms with Gasteiger partial charge in [-0.15, -0.1) is 5.10 Å². The summed E-state index contributed by atoms with van der Waals surface area (Å²) in [5, 5.41) is 17.9. The number of halogens is 2. The second-order valence-electron chi connectivity index (χ2n) is 5.58. The van der Waals surface area contributed by atoms with Gasteiger partial charge in [0, 0.05) is 25.2 Å². The summed E-state index contributed by atoms with van der Waals surface area (Å²) >= 11 is 0. The first-order valence-corrected chi connectivity index (χ1v) is 7.30. The lowest BCUT2D eigenvalue weighted by atomic mass is 10.0. The third-order valence-corrected chi connectivity index (χ3v) is 3.98. The van der Waals surface area contributed by atoms with Crippen LogP contribution in [0.3, 0.4) is 0 Å². The minimum atomic E-state index is -0.881. The molecule has 2 atom stereocenters. The van der Waals surface area contributed by atoms with E-state index in [1.807, 2.05) is 4.90 Å². The second kappa shape index (κ2) is 6.55. The summed E-state index contributed by atoms with van der Waals surface area (Å²) in [6, 6.07) is 7.16. The number of β-amino-alcohol motifs (C(OH)–C–C–N with tert-alkyl or cyclic N) is 1. The zero-order valence-electron chi connectivity index (χ0n) is 12.6. The predicted molar refractivity (Wildman–Crippen MR) is 78.7 cm³/mol. The highest BCUT2D eigenvalue weighted by molar-refractivity contribution is 5.23. The van der Waals surface area contributed by atoms with Crippen LogP contribution in [0.2, 0.25) is 0 Å². The molecule has 23 heavy (non-hydrogen) atoms. The van der Waals surface area contributed by atoms with Gasteiger partial charge in [-0.25, -0.2) is 8.78 Å². The number of hydrogen-bond acceptors (Lipinski definition) is 5.